The summed E-state index contributed by atoms with van der Waals surface area (Å²) in [6.07, 6.45) is 1.33. The third-order valence-electron chi connectivity index (χ3n) is 3.06. The maximum atomic E-state index is 13.0. The summed E-state index contributed by atoms with van der Waals surface area (Å²) in [5.41, 5.74) is 0.0549. The van der Waals surface area contributed by atoms with Crippen LogP contribution in [0.25, 0.3) is 0 Å². The van der Waals surface area contributed by atoms with E-state index in [4.69, 9.17) is 4.74 Å². The molecule has 104 valence electrons. The topological polar surface area (TPSA) is 43.4 Å². The van der Waals surface area contributed by atoms with Crippen molar-refractivity contribution >= 4 is 16.6 Å². The average Bonchev–Trinajstić information content (AvgIpc) is 2.42. The van der Waals surface area contributed by atoms with E-state index in [9.17, 15) is 17.8 Å². The number of carbonyl (C=O) groups is 1. The van der Waals surface area contributed by atoms with Crippen molar-refractivity contribution in [2.75, 3.05) is 19.0 Å². The van der Waals surface area contributed by atoms with E-state index in [-0.39, 0.29) is 16.6 Å². The largest absolute Gasteiger partial charge is 0.381 e. The van der Waals surface area contributed by atoms with Crippen LogP contribution in [0.4, 0.5) is 8.78 Å². The zero-order chi connectivity index (χ0) is 13.8. The first-order valence-electron chi connectivity index (χ1n) is 6.01. The lowest BCUT2D eigenvalue weighted by atomic mass is 10.1. The number of carbonyl (C=O) groups excluding carboxylic acids is 1. The number of hydrogen-bond donors (Lipinski definition) is 0. The van der Waals surface area contributed by atoms with Gasteiger partial charge in [0.25, 0.3) is 0 Å². The first kappa shape index (κ1) is 14.3. The monoisotopic (exact) mass is 288 g/mol. The molecule has 1 aliphatic rings. The van der Waals surface area contributed by atoms with E-state index in [1.165, 1.54) is 6.07 Å². The Hall–Kier alpha value is -1.14. The van der Waals surface area contributed by atoms with E-state index in [0.717, 1.165) is 12.1 Å². The van der Waals surface area contributed by atoms with E-state index in [0.29, 0.717) is 26.1 Å². The van der Waals surface area contributed by atoms with Crippen LogP contribution in [0.1, 0.15) is 23.2 Å². The fourth-order valence-electron chi connectivity index (χ4n) is 1.94. The molecule has 1 unspecified atom stereocenters. The zero-order valence-electron chi connectivity index (χ0n) is 10.2. The van der Waals surface area contributed by atoms with Gasteiger partial charge in [0.05, 0.1) is 5.75 Å². The Labute approximate surface area is 112 Å². The molecule has 19 heavy (non-hydrogen) atoms. The SMILES string of the molecule is O=C(CS(=O)C1CCOCC1)c1ccc(F)c(F)c1. The molecule has 0 spiro atoms. The van der Waals surface area contributed by atoms with E-state index in [1.807, 2.05) is 0 Å². The van der Waals surface area contributed by atoms with Crippen LogP contribution in [0, 0.1) is 11.6 Å². The molecule has 0 N–H and O–H groups in total. The van der Waals surface area contributed by atoms with Crippen molar-refractivity contribution < 1.29 is 22.5 Å². The van der Waals surface area contributed by atoms with E-state index in [1.54, 1.807) is 0 Å². The summed E-state index contributed by atoms with van der Waals surface area (Å²) in [5.74, 6) is -2.65. The lowest BCUT2D eigenvalue weighted by Gasteiger charge is -2.21. The summed E-state index contributed by atoms with van der Waals surface area (Å²) in [4.78, 5) is 11.8. The van der Waals surface area contributed by atoms with Gasteiger partial charge in [-0.05, 0) is 31.0 Å². The van der Waals surface area contributed by atoms with Gasteiger partial charge in [0.2, 0.25) is 0 Å². The molecule has 1 aromatic rings. The number of benzene rings is 1. The minimum absolute atomic E-state index is 0.0528. The summed E-state index contributed by atoms with van der Waals surface area (Å²) < 4.78 is 42.9. The van der Waals surface area contributed by atoms with Crippen LogP contribution >= 0.6 is 0 Å². The fraction of sp³-hybridized carbons (Fsp3) is 0.462. The number of ketones is 1. The Balaban J connectivity index is 1.99. The van der Waals surface area contributed by atoms with Crippen molar-refractivity contribution in [3.63, 3.8) is 0 Å². The summed E-state index contributed by atoms with van der Waals surface area (Å²) in [6, 6.07) is 2.96. The number of rotatable bonds is 4. The highest BCUT2D eigenvalue weighted by atomic mass is 32.2. The molecule has 0 saturated carbocycles. The molecule has 0 amide bonds. The fourth-order valence-corrected chi connectivity index (χ4v) is 3.32. The molecule has 1 aliphatic heterocycles. The highest BCUT2D eigenvalue weighted by molar-refractivity contribution is 7.86. The van der Waals surface area contributed by atoms with Crippen molar-refractivity contribution in [3.8, 4) is 0 Å². The average molecular weight is 288 g/mol. The lowest BCUT2D eigenvalue weighted by molar-refractivity contribution is 0.0980. The molecule has 3 nitrogen and oxygen atoms in total. The minimum Gasteiger partial charge on any atom is -0.381 e. The standard InChI is InChI=1S/C13H14F2O3S/c14-11-2-1-9(7-12(11)15)13(16)8-19(17)10-3-5-18-6-4-10/h1-2,7,10H,3-6,8H2. The molecular formula is C13H14F2O3S. The molecule has 1 saturated heterocycles. The van der Waals surface area contributed by atoms with Crippen LogP contribution in [-0.2, 0) is 15.5 Å². The molecule has 2 rings (SSSR count). The first-order valence-corrected chi connectivity index (χ1v) is 7.39. The lowest BCUT2D eigenvalue weighted by Crippen LogP contribution is -2.28. The molecule has 0 aromatic heterocycles. The van der Waals surface area contributed by atoms with Crippen molar-refractivity contribution in [1.29, 1.82) is 0 Å². The minimum atomic E-state index is -1.29. The van der Waals surface area contributed by atoms with Gasteiger partial charge in [-0.25, -0.2) is 8.78 Å². The van der Waals surface area contributed by atoms with Gasteiger partial charge < -0.3 is 4.74 Å². The van der Waals surface area contributed by atoms with Crippen LogP contribution in [-0.4, -0.2) is 34.2 Å². The van der Waals surface area contributed by atoms with Gasteiger partial charge in [-0.1, -0.05) is 0 Å². The Bertz CT molecular complexity index is 499. The van der Waals surface area contributed by atoms with Gasteiger partial charge in [0.15, 0.2) is 17.4 Å². The van der Waals surface area contributed by atoms with Crippen LogP contribution in [0.3, 0.4) is 0 Å². The van der Waals surface area contributed by atoms with Gasteiger partial charge in [-0.15, -0.1) is 0 Å². The third kappa shape index (κ3) is 3.67. The predicted octanol–water partition coefficient (Wildman–Crippen LogP) is 2.08. The molecule has 6 heteroatoms. The van der Waals surface area contributed by atoms with Crippen molar-refractivity contribution in [1.82, 2.24) is 0 Å². The Morgan fingerprint density at radius 3 is 2.58 bits per heavy atom. The Kier molecular flexibility index (Phi) is 4.76. The third-order valence-corrected chi connectivity index (χ3v) is 4.82. The zero-order valence-corrected chi connectivity index (χ0v) is 11.1. The molecule has 0 aliphatic carbocycles. The van der Waals surface area contributed by atoms with Gasteiger partial charge in [0.1, 0.15) is 0 Å². The summed E-state index contributed by atoms with van der Waals surface area (Å²) in [5, 5.41) is -0.0528. The molecule has 0 radical (unpaired) electrons. The summed E-state index contributed by atoms with van der Waals surface area (Å²) in [6.45, 7) is 1.10. The van der Waals surface area contributed by atoms with Gasteiger partial charge in [-0.3, -0.25) is 9.00 Å². The van der Waals surface area contributed by atoms with E-state index in [2.05, 4.69) is 0 Å². The van der Waals surface area contributed by atoms with Gasteiger partial charge in [-0.2, -0.15) is 0 Å². The quantitative estimate of drug-likeness (QED) is 0.797. The second kappa shape index (κ2) is 6.34. The highest BCUT2D eigenvalue weighted by Crippen LogP contribution is 2.15. The first-order chi connectivity index (χ1) is 9.08. The summed E-state index contributed by atoms with van der Waals surface area (Å²) in [7, 11) is -1.29. The molecule has 1 heterocycles. The van der Waals surface area contributed by atoms with Crippen molar-refractivity contribution in [3.05, 3.63) is 35.4 Å². The maximum Gasteiger partial charge on any atom is 0.175 e. The van der Waals surface area contributed by atoms with Gasteiger partial charge in [0, 0.05) is 34.8 Å². The van der Waals surface area contributed by atoms with E-state index < -0.39 is 28.2 Å². The number of halogens is 2. The highest BCUT2D eigenvalue weighted by Gasteiger charge is 2.23. The van der Waals surface area contributed by atoms with Crippen molar-refractivity contribution in [2.24, 2.45) is 0 Å². The number of Topliss-reactive ketones (excluding diaryl/α,β-unsaturated/α-hetero) is 1. The molecule has 1 aromatic carbocycles. The molecular weight excluding hydrogens is 274 g/mol. The second-order valence-electron chi connectivity index (χ2n) is 4.39. The molecule has 1 fully saturated rings. The Morgan fingerprint density at radius 2 is 1.95 bits per heavy atom. The second-order valence-corrected chi connectivity index (χ2v) is 6.11. The Morgan fingerprint density at radius 1 is 1.26 bits per heavy atom. The van der Waals surface area contributed by atoms with Crippen LogP contribution in [0.15, 0.2) is 18.2 Å². The van der Waals surface area contributed by atoms with Crippen molar-refractivity contribution in [2.45, 2.75) is 18.1 Å². The van der Waals surface area contributed by atoms with Crippen LogP contribution in [0.2, 0.25) is 0 Å². The van der Waals surface area contributed by atoms with Crippen LogP contribution < -0.4 is 0 Å². The predicted molar refractivity (Wildman–Crippen MR) is 67.5 cm³/mol. The molecule has 0 bridgehead atoms. The number of hydrogen-bond acceptors (Lipinski definition) is 3. The normalized spacial score (nSPS) is 18.2. The van der Waals surface area contributed by atoms with Crippen LogP contribution in [0.5, 0.6) is 0 Å². The summed E-state index contributed by atoms with van der Waals surface area (Å²) >= 11 is 0. The maximum absolute atomic E-state index is 13.0. The number of ether oxygens (including phenoxy) is 1. The smallest absolute Gasteiger partial charge is 0.175 e. The van der Waals surface area contributed by atoms with Gasteiger partial charge >= 0.3 is 0 Å². The molecule has 1 atom stereocenters. The van der Waals surface area contributed by atoms with E-state index >= 15 is 0 Å².